The Morgan fingerprint density at radius 3 is 2.00 bits per heavy atom. The molecule has 0 unspecified atom stereocenters. The standard InChI is InChI=1S/C15H13F2NO4/c1-9-7-11(18(19)20)8-10(2)14(9)21-12-3-5-13(6-4-12)22-15(16)17/h3-8,15H,1-2H3. The van der Waals surface area contributed by atoms with Crippen LogP contribution in [-0.4, -0.2) is 11.5 Å². The molecule has 2 aromatic rings. The zero-order valence-electron chi connectivity index (χ0n) is 11.9. The average molecular weight is 309 g/mol. The molecule has 2 rings (SSSR count). The molecule has 0 aliphatic rings. The van der Waals surface area contributed by atoms with E-state index in [1.807, 2.05) is 0 Å². The van der Waals surface area contributed by atoms with Crippen LogP contribution in [0.1, 0.15) is 11.1 Å². The number of nitro groups is 1. The molecule has 0 saturated heterocycles. The number of alkyl halides is 2. The maximum Gasteiger partial charge on any atom is 0.387 e. The van der Waals surface area contributed by atoms with Gasteiger partial charge in [-0.05, 0) is 49.2 Å². The van der Waals surface area contributed by atoms with E-state index in [2.05, 4.69) is 4.74 Å². The molecule has 5 nitrogen and oxygen atoms in total. The Labute approximate surface area is 125 Å². The van der Waals surface area contributed by atoms with Gasteiger partial charge in [0, 0.05) is 12.1 Å². The van der Waals surface area contributed by atoms with Gasteiger partial charge in [0.1, 0.15) is 17.2 Å². The van der Waals surface area contributed by atoms with Crippen LogP contribution in [0.25, 0.3) is 0 Å². The van der Waals surface area contributed by atoms with Crippen LogP contribution in [0.5, 0.6) is 17.2 Å². The van der Waals surface area contributed by atoms with Crippen molar-refractivity contribution in [2.75, 3.05) is 0 Å². The molecule has 0 spiro atoms. The number of non-ortho nitro benzene ring substituents is 1. The fourth-order valence-electron chi connectivity index (χ4n) is 2.00. The minimum atomic E-state index is -2.88. The number of benzene rings is 2. The van der Waals surface area contributed by atoms with Crippen molar-refractivity contribution in [3.05, 3.63) is 57.6 Å². The summed E-state index contributed by atoms with van der Waals surface area (Å²) in [5.74, 6) is 0.939. The summed E-state index contributed by atoms with van der Waals surface area (Å²) in [4.78, 5) is 10.3. The molecule has 0 N–H and O–H groups in total. The summed E-state index contributed by atoms with van der Waals surface area (Å²) < 4.78 is 34.1. The highest BCUT2D eigenvalue weighted by Crippen LogP contribution is 2.32. The van der Waals surface area contributed by atoms with Crippen LogP contribution in [0, 0.1) is 24.0 Å². The summed E-state index contributed by atoms with van der Waals surface area (Å²) in [5.41, 5.74) is 1.21. The van der Waals surface area contributed by atoms with Crippen LogP contribution >= 0.6 is 0 Å². The summed E-state index contributed by atoms with van der Waals surface area (Å²) in [6.07, 6.45) is 0. The normalized spacial score (nSPS) is 10.6. The minimum absolute atomic E-state index is 0.0111. The maximum absolute atomic E-state index is 12.1. The molecule has 0 atom stereocenters. The molecule has 0 heterocycles. The highest BCUT2D eigenvalue weighted by molar-refractivity contribution is 5.50. The number of aryl methyl sites for hydroxylation is 2. The number of hydrogen-bond acceptors (Lipinski definition) is 4. The summed E-state index contributed by atoms with van der Waals surface area (Å²) in [6.45, 7) is 0.513. The molecule has 22 heavy (non-hydrogen) atoms. The highest BCUT2D eigenvalue weighted by Gasteiger charge is 2.14. The monoisotopic (exact) mass is 309 g/mol. The number of nitrogens with zero attached hydrogens (tertiary/aromatic N) is 1. The highest BCUT2D eigenvalue weighted by atomic mass is 19.3. The molecule has 0 fully saturated rings. The van der Waals surface area contributed by atoms with Crippen LogP contribution in [0.15, 0.2) is 36.4 Å². The Morgan fingerprint density at radius 1 is 1.05 bits per heavy atom. The minimum Gasteiger partial charge on any atom is -0.457 e. The Kier molecular flexibility index (Phi) is 4.55. The van der Waals surface area contributed by atoms with Crippen molar-refractivity contribution < 1.29 is 23.2 Å². The molecule has 7 heteroatoms. The lowest BCUT2D eigenvalue weighted by Crippen LogP contribution is -2.01. The van der Waals surface area contributed by atoms with Crippen LogP contribution in [0.3, 0.4) is 0 Å². The largest absolute Gasteiger partial charge is 0.457 e. The molecule has 0 aromatic heterocycles. The number of hydrogen-bond donors (Lipinski definition) is 0. The molecule has 116 valence electrons. The van der Waals surface area contributed by atoms with Gasteiger partial charge in [-0.15, -0.1) is 0 Å². The SMILES string of the molecule is Cc1cc([N+](=O)[O-])cc(C)c1Oc1ccc(OC(F)F)cc1. The molecule has 0 amide bonds. The third-order valence-electron chi connectivity index (χ3n) is 2.92. The van der Waals surface area contributed by atoms with E-state index in [0.29, 0.717) is 22.6 Å². The zero-order chi connectivity index (χ0) is 16.3. The van der Waals surface area contributed by atoms with Crippen molar-refractivity contribution in [1.29, 1.82) is 0 Å². The average Bonchev–Trinajstić information content (AvgIpc) is 2.43. The molecule has 0 bridgehead atoms. The van der Waals surface area contributed by atoms with Gasteiger partial charge in [-0.2, -0.15) is 8.78 Å². The Bertz CT molecular complexity index is 663. The first kappa shape index (κ1) is 15.7. The molecule has 0 saturated carbocycles. The second-order valence-electron chi connectivity index (χ2n) is 4.62. The Hall–Kier alpha value is -2.70. The first-order chi connectivity index (χ1) is 10.4. The zero-order valence-corrected chi connectivity index (χ0v) is 11.9. The second-order valence-corrected chi connectivity index (χ2v) is 4.62. The summed E-state index contributed by atoms with van der Waals surface area (Å²) >= 11 is 0. The van der Waals surface area contributed by atoms with Gasteiger partial charge >= 0.3 is 6.61 Å². The Morgan fingerprint density at radius 2 is 1.55 bits per heavy atom. The van der Waals surface area contributed by atoms with Crippen LogP contribution in [0.4, 0.5) is 14.5 Å². The van der Waals surface area contributed by atoms with Gasteiger partial charge in [-0.1, -0.05) is 0 Å². The topological polar surface area (TPSA) is 61.6 Å². The van der Waals surface area contributed by atoms with Crippen LogP contribution < -0.4 is 9.47 Å². The molecule has 0 aliphatic carbocycles. The van der Waals surface area contributed by atoms with Gasteiger partial charge < -0.3 is 9.47 Å². The van der Waals surface area contributed by atoms with Crippen molar-refractivity contribution in [3.8, 4) is 17.2 Å². The first-order valence-corrected chi connectivity index (χ1v) is 6.35. The van der Waals surface area contributed by atoms with E-state index < -0.39 is 11.5 Å². The second kappa shape index (κ2) is 6.38. The number of halogens is 2. The van der Waals surface area contributed by atoms with Gasteiger partial charge in [-0.3, -0.25) is 10.1 Å². The summed E-state index contributed by atoms with van der Waals surface area (Å²) in [7, 11) is 0. The van der Waals surface area contributed by atoms with Crippen molar-refractivity contribution in [3.63, 3.8) is 0 Å². The third-order valence-corrected chi connectivity index (χ3v) is 2.92. The smallest absolute Gasteiger partial charge is 0.387 e. The van der Waals surface area contributed by atoms with E-state index in [4.69, 9.17) is 4.74 Å². The maximum atomic E-state index is 12.1. The molecule has 0 aliphatic heterocycles. The van der Waals surface area contributed by atoms with Crippen molar-refractivity contribution in [2.45, 2.75) is 20.5 Å². The number of nitro benzene ring substituents is 1. The van der Waals surface area contributed by atoms with Gasteiger partial charge in [0.05, 0.1) is 4.92 Å². The number of rotatable bonds is 5. The van der Waals surface area contributed by atoms with E-state index >= 15 is 0 Å². The molecular formula is C15H13F2NO4. The fourth-order valence-corrected chi connectivity index (χ4v) is 2.00. The fraction of sp³-hybridized carbons (Fsp3) is 0.200. The van der Waals surface area contributed by atoms with Gasteiger partial charge in [-0.25, -0.2) is 0 Å². The third kappa shape index (κ3) is 3.69. The van der Waals surface area contributed by atoms with E-state index in [1.54, 1.807) is 13.8 Å². The summed E-state index contributed by atoms with van der Waals surface area (Å²) in [6, 6.07) is 8.51. The molecule has 0 radical (unpaired) electrons. The predicted octanol–water partition coefficient (Wildman–Crippen LogP) is 4.61. The van der Waals surface area contributed by atoms with E-state index in [-0.39, 0.29) is 11.4 Å². The van der Waals surface area contributed by atoms with Crippen molar-refractivity contribution in [1.82, 2.24) is 0 Å². The quantitative estimate of drug-likeness (QED) is 0.598. The van der Waals surface area contributed by atoms with E-state index in [1.165, 1.54) is 36.4 Å². The lowest BCUT2D eigenvalue weighted by molar-refractivity contribution is -0.385. The van der Waals surface area contributed by atoms with Gasteiger partial charge in [0.2, 0.25) is 0 Å². The summed E-state index contributed by atoms with van der Waals surface area (Å²) in [5, 5.41) is 10.8. The molecule has 2 aromatic carbocycles. The molecular weight excluding hydrogens is 296 g/mol. The van der Waals surface area contributed by atoms with Gasteiger partial charge in [0.15, 0.2) is 0 Å². The van der Waals surface area contributed by atoms with Gasteiger partial charge in [0.25, 0.3) is 5.69 Å². The van der Waals surface area contributed by atoms with E-state index in [0.717, 1.165) is 0 Å². The van der Waals surface area contributed by atoms with Crippen molar-refractivity contribution in [2.24, 2.45) is 0 Å². The van der Waals surface area contributed by atoms with Crippen molar-refractivity contribution >= 4 is 5.69 Å². The first-order valence-electron chi connectivity index (χ1n) is 6.35. The van der Waals surface area contributed by atoms with Crippen LogP contribution in [-0.2, 0) is 0 Å². The Balaban J connectivity index is 2.22. The lowest BCUT2D eigenvalue weighted by atomic mass is 10.1. The van der Waals surface area contributed by atoms with E-state index in [9.17, 15) is 18.9 Å². The van der Waals surface area contributed by atoms with Crippen LogP contribution in [0.2, 0.25) is 0 Å². The lowest BCUT2D eigenvalue weighted by Gasteiger charge is -2.12. The predicted molar refractivity (Wildman–Crippen MR) is 75.7 cm³/mol. The number of ether oxygens (including phenoxy) is 2.